The number of halogens is 2. The van der Waals surface area contributed by atoms with Crippen molar-refractivity contribution in [2.75, 3.05) is 0 Å². The Morgan fingerprint density at radius 2 is 1.92 bits per heavy atom. The first-order chi connectivity index (χ1) is 11.4. The third-order valence-corrected chi connectivity index (χ3v) is 4.59. The summed E-state index contributed by atoms with van der Waals surface area (Å²) in [5.41, 5.74) is 1.06. The smallest absolute Gasteiger partial charge is 0.264 e. The number of benzene rings is 2. The number of aliphatic imine (C=N–C) groups is 1. The van der Waals surface area contributed by atoms with Crippen molar-refractivity contribution >= 4 is 50.5 Å². The predicted octanol–water partition coefficient (Wildman–Crippen LogP) is 3.89. The molecule has 1 aliphatic rings. The largest absolute Gasteiger partial charge is 0.504 e. The molecule has 0 aliphatic carbocycles. The van der Waals surface area contributed by atoms with Crippen LogP contribution in [0.25, 0.3) is 6.08 Å². The van der Waals surface area contributed by atoms with Crippen molar-refractivity contribution in [3.05, 3.63) is 57.2 Å². The molecule has 1 amide bonds. The van der Waals surface area contributed by atoms with Gasteiger partial charge in [0.15, 0.2) is 16.7 Å². The Labute approximate surface area is 149 Å². The zero-order chi connectivity index (χ0) is 17.3. The number of phenols is 2. The number of hydrogen-bond donors (Lipinski definition) is 3. The van der Waals surface area contributed by atoms with Crippen molar-refractivity contribution in [2.45, 2.75) is 0 Å². The number of hydrogen-bond acceptors (Lipinski definition) is 5. The maximum atomic E-state index is 12.9. The van der Waals surface area contributed by atoms with Gasteiger partial charge in [-0.1, -0.05) is 0 Å². The lowest BCUT2D eigenvalue weighted by Gasteiger charge is -2.02. The first-order valence-corrected chi connectivity index (χ1v) is 8.30. The normalized spacial score (nSPS) is 17.5. The van der Waals surface area contributed by atoms with Crippen molar-refractivity contribution in [1.82, 2.24) is 5.32 Å². The van der Waals surface area contributed by atoms with Gasteiger partial charge in [-0.25, -0.2) is 9.38 Å². The molecule has 3 N–H and O–H groups in total. The highest BCUT2D eigenvalue weighted by molar-refractivity contribution is 9.10. The molecule has 2 aromatic rings. The number of amides is 1. The molecule has 1 aliphatic heterocycles. The zero-order valence-electron chi connectivity index (χ0n) is 12.0. The lowest BCUT2D eigenvalue weighted by atomic mass is 10.2. The van der Waals surface area contributed by atoms with Gasteiger partial charge in [0.25, 0.3) is 5.91 Å². The van der Waals surface area contributed by atoms with Gasteiger partial charge in [-0.2, -0.15) is 0 Å². The molecule has 0 aromatic heterocycles. The van der Waals surface area contributed by atoms with E-state index in [-0.39, 0.29) is 23.2 Å². The summed E-state index contributed by atoms with van der Waals surface area (Å²) in [5, 5.41) is 22.1. The molecule has 1 saturated heterocycles. The molecule has 122 valence electrons. The molecule has 24 heavy (non-hydrogen) atoms. The van der Waals surface area contributed by atoms with E-state index in [1.807, 2.05) is 0 Å². The molecule has 0 atom stereocenters. The van der Waals surface area contributed by atoms with Crippen LogP contribution in [0.1, 0.15) is 5.56 Å². The predicted molar refractivity (Wildman–Crippen MR) is 94.7 cm³/mol. The van der Waals surface area contributed by atoms with Crippen molar-refractivity contribution in [3.8, 4) is 11.5 Å². The lowest BCUT2D eigenvalue weighted by Crippen LogP contribution is -2.19. The number of thioether (sulfide) groups is 1. The van der Waals surface area contributed by atoms with Gasteiger partial charge in [-0.15, -0.1) is 0 Å². The molecule has 0 bridgehead atoms. The summed E-state index contributed by atoms with van der Waals surface area (Å²) in [6, 6.07) is 8.50. The summed E-state index contributed by atoms with van der Waals surface area (Å²) in [4.78, 5) is 16.6. The van der Waals surface area contributed by atoms with E-state index in [1.165, 1.54) is 30.3 Å². The van der Waals surface area contributed by atoms with Crippen LogP contribution in [0.4, 0.5) is 10.1 Å². The number of nitrogens with zero attached hydrogens (tertiary/aromatic N) is 1. The number of aromatic hydroxyl groups is 2. The Kier molecular flexibility index (Phi) is 4.59. The van der Waals surface area contributed by atoms with Gasteiger partial charge in [-0.05, 0) is 75.7 Å². The molecule has 0 unspecified atom stereocenters. The van der Waals surface area contributed by atoms with Crippen molar-refractivity contribution < 1.29 is 19.4 Å². The summed E-state index contributed by atoms with van der Waals surface area (Å²) in [7, 11) is 0. The standard InChI is InChI=1S/C16H10BrFN2O3S/c17-11-5-8(6-12(21)14(11)22)7-13-15(23)20-16(24-13)19-10-3-1-9(18)2-4-10/h1-7,21-22H,(H,19,20,23). The lowest BCUT2D eigenvalue weighted by molar-refractivity contribution is -0.115. The molecule has 0 saturated carbocycles. The number of carbonyl (C=O) groups excluding carboxylic acids is 1. The molecule has 2 aromatic carbocycles. The highest BCUT2D eigenvalue weighted by Gasteiger charge is 2.24. The van der Waals surface area contributed by atoms with Gasteiger partial charge < -0.3 is 15.5 Å². The Bertz CT molecular complexity index is 858. The van der Waals surface area contributed by atoms with Crippen LogP contribution in [0, 0.1) is 5.82 Å². The summed E-state index contributed by atoms with van der Waals surface area (Å²) < 4.78 is 13.2. The molecule has 0 spiro atoms. The van der Waals surface area contributed by atoms with Gasteiger partial charge >= 0.3 is 0 Å². The first kappa shape index (κ1) is 16.5. The highest BCUT2D eigenvalue weighted by Crippen LogP contribution is 2.36. The van der Waals surface area contributed by atoms with Gasteiger partial charge in [-0.3, -0.25) is 4.79 Å². The van der Waals surface area contributed by atoms with Crippen LogP contribution in [-0.4, -0.2) is 21.3 Å². The van der Waals surface area contributed by atoms with Gasteiger partial charge in [0.1, 0.15) is 5.82 Å². The molecule has 1 fully saturated rings. The molecular weight excluding hydrogens is 399 g/mol. The third kappa shape index (κ3) is 3.60. The number of amidine groups is 1. The number of phenolic OH excluding ortho intramolecular Hbond substituents is 2. The fourth-order valence-corrected chi connectivity index (χ4v) is 3.26. The minimum absolute atomic E-state index is 0.265. The highest BCUT2D eigenvalue weighted by atomic mass is 79.9. The quantitative estimate of drug-likeness (QED) is 0.519. The number of nitrogens with one attached hydrogen (secondary N) is 1. The fourth-order valence-electron chi connectivity index (χ4n) is 1.95. The topological polar surface area (TPSA) is 81.9 Å². The maximum absolute atomic E-state index is 12.9. The number of carbonyl (C=O) groups is 1. The Morgan fingerprint density at radius 3 is 2.58 bits per heavy atom. The van der Waals surface area contributed by atoms with Crippen LogP contribution in [0.3, 0.4) is 0 Å². The fraction of sp³-hybridized carbons (Fsp3) is 0. The van der Waals surface area contributed by atoms with E-state index in [9.17, 15) is 19.4 Å². The second-order valence-electron chi connectivity index (χ2n) is 4.83. The van der Waals surface area contributed by atoms with Crippen LogP contribution in [0.5, 0.6) is 11.5 Å². The average Bonchev–Trinajstić information content (AvgIpc) is 2.87. The van der Waals surface area contributed by atoms with Crippen molar-refractivity contribution in [1.29, 1.82) is 0 Å². The van der Waals surface area contributed by atoms with Gasteiger partial charge in [0.2, 0.25) is 0 Å². The molecule has 5 nitrogen and oxygen atoms in total. The summed E-state index contributed by atoms with van der Waals surface area (Å²) in [6.07, 6.45) is 1.57. The van der Waals surface area contributed by atoms with Gasteiger partial charge in [0, 0.05) is 0 Å². The summed E-state index contributed by atoms with van der Waals surface area (Å²) >= 11 is 4.25. The van der Waals surface area contributed by atoms with Crippen LogP contribution in [0.2, 0.25) is 0 Å². The second kappa shape index (κ2) is 6.66. The third-order valence-electron chi connectivity index (χ3n) is 3.07. The van der Waals surface area contributed by atoms with E-state index in [2.05, 4.69) is 26.2 Å². The molecular formula is C16H10BrFN2O3S. The molecule has 3 rings (SSSR count). The Hall–Kier alpha value is -2.32. The second-order valence-corrected chi connectivity index (χ2v) is 6.71. The molecule has 0 radical (unpaired) electrons. The SMILES string of the molecule is O=C1NC(=Nc2ccc(F)cc2)SC1=Cc1cc(O)c(O)c(Br)c1. The van der Waals surface area contributed by atoms with Crippen LogP contribution < -0.4 is 5.32 Å². The van der Waals surface area contributed by atoms with Crippen LogP contribution in [0.15, 0.2) is 50.8 Å². The van der Waals surface area contributed by atoms with Crippen LogP contribution >= 0.6 is 27.7 Å². The summed E-state index contributed by atoms with van der Waals surface area (Å²) in [6.45, 7) is 0. The van der Waals surface area contributed by atoms with E-state index in [0.29, 0.717) is 25.8 Å². The minimum atomic E-state index is -0.361. The Balaban J connectivity index is 1.86. The van der Waals surface area contributed by atoms with Crippen molar-refractivity contribution in [3.63, 3.8) is 0 Å². The van der Waals surface area contributed by atoms with E-state index in [0.717, 1.165) is 11.8 Å². The van der Waals surface area contributed by atoms with E-state index < -0.39 is 0 Å². The monoisotopic (exact) mass is 408 g/mol. The maximum Gasteiger partial charge on any atom is 0.264 e. The van der Waals surface area contributed by atoms with Crippen LogP contribution in [-0.2, 0) is 4.79 Å². The van der Waals surface area contributed by atoms with E-state index in [1.54, 1.807) is 12.1 Å². The number of rotatable bonds is 2. The minimum Gasteiger partial charge on any atom is -0.504 e. The zero-order valence-corrected chi connectivity index (χ0v) is 14.4. The van der Waals surface area contributed by atoms with Crippen molar-refractivity contribution in [2.24, 2.45) is 4.99 Å². The summed E-state index contributed by atoms with van der Waals surface area (Å²) in [5.74, 6) is -1.25. The molecule has 1 heterocycles. The Morgan fingerprint density at radius 1 is 1.21 bits per heavy atom. The average molecular weight is 409 g/mol. The first-order valence-electron chi connectivity index (χ1n) is 6.69. The van der Waals surface area contributed by atoms with Gasteiger partial charge in [0.05, 0.1) is 15.1 Å². The van der Waals surface area contributed by atoms with E-state index >= 15 is 0 Å². The molecule has 8 heteroatoms. The van der Waals surface area contributed by atoms with E-state index in [4.69, 9.17) is 0 Å².